The zero-order chi connectivity index (χ0) is 8.44. The molecule has 1 unspecified atom stereocenters. The molecule has 3 heteroatoms. The van der Waals surface area contributed by atoms with Gasteiger partial charge in [0.1, 0.15) is 11.4 Å². The van der Waals surface area contributed by atoms with Gasteiger partial charge in [-0.25, -0.2) is 0 Å². The molecule has 1 saturated heterocycles. The first-order valence-corrected chi connectivity index (χ1v) is 4.28. The molecule has 1 aromatic heterocycles. The third-order valence-corrected chi connectivity index (χ3v) is 2.34. The molecule has 0 amide bonds. The second-order valence-electron chi connectivity index (χ2n) is 3.29. The van der Waals surface area contributed by atoms with Crippen molar-refractivity contribution in [1.82, 2.24) is 5.32 Å². The lowest BCUT2D eigenvalue weighted by Crippen LogP contribution is -2.42. The first-order chi connectivity index (χ1) is 5.81. The summed E-state index contributed by atoms with van der Waals surface area (Å²) in [5.41, 5.74) is -0.776. The standard InChI is InChI=1S/C9H13NO2/c11-9(4-2-5-10-7-9)8-3-1-6-12-8/h1,3,6,10-11H,2,4-5,7H2. The Bertz CT molecular complexity index is 237. The number of hydrogen-bond acceptors (Lipinski definition) is 3. The minimum atomic E-state index is -0.776. The largest absolute Gasteiger partial charge is 0.466 e. The minimum Gasteiger partial charge on any atom is -0.466 e. The number of furan rings is 1. The summed E-state index contributed by atoms with van der Waals surface area (Å²) >= 11 is 0. The molecule has 1 aliphatic heterocycles. The molecule has 2 heterocycles. The molecule has 1 fully saturated rings. The molecule has 66 valence electrons. The number of β-amino-alcohol motifs (C(OH)–C–C–N with tert-alkyl or cyclic N) is 1. The first kappa shape index (κ1) is 7.83. The Morgan fingerprint density at radius 1 is 1.58 bits per heavy atom. The van der Waals surface area contributed by atoms with Gasteiger partial charge in [-0.05, 0) is 31.5 Å². The molecule has 3 nitrogen and oxygen atoms in total. The molecule has 12 heavy (non-hydrogen) atoms. The molecule has 0 bridgehead atoms. The summed E-state index contributed by atoms with van der Waals surface area (Å²) in [4.78, 5) is 0. The van der Waals surface area contributed by atoms with Gasteiger partial charge in [0.05, 0.1) is 6.26 Å². The molecule has 0 spiro atoms. The van der Waals surface area contributed by atoms with Crippen molar-refractivity contribution in [2.24, 2.45) is 0 Å². The first-order valence-electron chi connectivity index (χ1n) is 4.28. The van der Waals surface area contributed by atoms with Gasteiger partial charge in [-0.3, -0.25) is 0 Å². The number of nitrogens with one attached hydrogen (secondary N) is 1. The molecule has 2 rings (SSSR count). The summed E-state index contributed by atoms with van der Waals surface area (Å²) in [6.07, 6.45) is 3.38. The Hall–Kier alpha value is -0.800. The van der Waals surface area contributed by atoms with Gasteiger partial charge in [0.2, 0.25) is 0 Å². The highest BCUT2D eigenvalue weighted by Gasteiger charge is 2.33. The lowest BCUT2D eigenvalue weighted by molar-refractivity contribution is -0.00740. The SMILES string of the molecule is OC1(c2ccco2)CCCNC1. The van der Waals surface area contributed by atoms with Crippen molar-refractivity contribution in [3.63, 3.8) is 0 Å². The maximum Gasteiger partial charge on any atom is 0.136 e. The van der Waals surface area contributed by atoms with E-state index in [4.69, 9.17) is 4.42 Å². The molecule has 0 saturated carbocycles. The fourth-order valence-electron chi connectivity index (χ4n) is 1.64. The Balaban J connectivity index is 2.19. The number of hydrogen-bond donors (Lipinski definition) is 2. The van der Waals surface area contributed by atoms with Crippen molar-refractivity contribution in [1.29, 1.82) is 0 Å². The van der Waals surface area contributed by atoms with Crippen molar-refractivity contribution >= 4 is 0 Å². The maximum atomic E-state index is 10.1. The second kappa shape index (κ2) is 2.92. The molecule has 0 aliphatic carbocycles. The van der Waals surface area contributed by atoms with E-state index in [9.17, 15) is 5.11 Å². The Morgan fingerprint density at radius 3 is 3.08 bits per heavy atom. The van der Waals surface area contributed by atoms with Crippen LogP contribution < -0.4 is 5.32 Å². The predicted molar refractivity (Wildman–Crippen MR) is 44.7 cm³/mol. The van der Waals surface area contributed by atoms with Gasteiger partial charge >= 0.3 is 0 Å². The quantitative estimate of drug-likeness (QED) is 0.651. The van der Waals surface area contributed by atoms with E-state index in [1.807, 2.05) is 12.1 Å². The summed E-state index contributed by atoms with van der Waals surface area (Å²) < 4.78 is 5.19. The van der Waals surface area contributed by atoms with E-state index in [0.29, 0.717) is 12.3 Å². The number of piperidine rings is 1. The lowest BCUT2D eigenvalue weighted by atomic mass is 9.92. The predicted octanol–water partition coefficient (Wildman–Crippen LogP) is 0.851. The highest BCUT2D eigenvalue weighted by molar-refractivity contribution is 5.10. The highest BCUT2D eigenvalue weighted by Crippen LogP contribution is 2.28. The van der Waals surface area contributed by atoms with E-state index in [-0.39, 0.29) is 0 Å². The average Bonchev–Trinajstić information content (AvgIpc) is 2.58. The normalized spacial score (nSPS) is 30.4. The van der Waals surface area contributed by atoms with Gasteiger partial charge in [-0.1, -0.05) is 0 Å². The summed E-state index contributed by atoms with van der Waals surface area (Å²) in [6, 6.07) is 3.63. The van der Waals surface area contributed by atoms with Crippen molar-refractivity contribution in [3.05, 3.63) is 24.2 Å². The number of rotatable bonds is 1. The maximum absolute atomic E-state index is 10.1. The topological polar surface area (TPSA) is 45.4 Å². The van der Waals surface area contributed by atoms with Gasteiger partial charge in [-0.15, -0.1) is 0 Å². The summed E-state index contributed by atoms with van der Waals surface area (Å²) in [6.45, 7) is 1.59. The van der Waals surface area contributed by atoms with Crippen LogP contribution in [0, 0.1) is 0 Å². The average molecular weight is 167 g/mol. The minimum absolute atomic E-state index is 0.598. The number of aliphatic hydroxyl groups is 1. The Morgan fingerprint density at radius 2 is 2.50 bits per heavy atom. The van der Waals surface area contributed by atoms with E-state index in [1.54, 1.807) is 6.26 Å². The van der Waals surface area contributed by atoms with Crippen molar-refractivity contribution in [2.75, 3.05) is 13.1 Å². The van der Waals surface area contributed by atoms with Crippen LogP contribution in [0.3, 0.4) is 0 Å². The van der Waals surface area contributed by atoms with Gasteiger partial charge in [0, 0.05) is 6.54 Å². The molecule has 1 atom stereocenters. The smallest absolute Gasteiger partial charge is 0.136 e. The van der Waals surface area contributed by atoms with Gasteiger partial charge in [0.15, 0.2) is 0 Å². The van der Waals surface area contributed by atoms with Crippen LogP contribution in [-0.2, 0) is 5.60 Å². The Labute approximate surface area is 71.4 Å². The van der Waals surface area contributed by atoms with E-state index < -0.39 is 5.60 Å². The van der Waals surface area contributed by atoms with Crippen LogP contribution in [0.2, 0.25) is 0 Å². The van der Waals surface area contributed by atoms with Crippen LogP contribution in [0.15, 0.2) is 22.8 Å². The van der Waals surface area contributed by atoms with Crippen LogP contribution in [0.5, 0.6) is 0 Å². The molecular weight excluding hydrogens is 154 g/mol. The van der Waals surface area contributed by atoms with Gasteiger partial charge < -0.3 is 14.8 Å². The van der Waals surface area contributed by atoms with Crippen LogP contribution >= 0.6 is 0 Å². The van der Waals surface area contributed by atoms with Crippen LogP contribution in [0.25, 0.3) is 0 Å². The van der Waals surface area contributed by atoms with E-state index in [0.717, 1.165) is 19.4 Å². The molecule has 1 aliphatic rings. The van der Waals surface area contributed by atoms with Crippen LogP contribution in [0.1, 0.15) is 18.6 Å². The van der Waals surface area contributed by atoms with Gasteiger partial charge in [-0.2, -0.15) is 0 Å². The monoisotopic (exact) mass is 167 g/mol. The lowest BCUT2D eigenvalue weighted by Gasteiger charge is -2.30. The second-order valence-corrected chi connectivity index (χ2v) is 3.29. The zero-order valence-electron chi connectivity index (χ0n) is 6.92. The summed E-state index contributed by atoms with van der Waals surface area (Å²) in [5.74, 6) is 0.676. The highest BCUT2D eigenvalue weighted by atomic mass is 16.4. The third kappa shape index (κ3) is 1.26. The zero-order valence-corrected chi connectivity index (χ0v) is 6.92. The van der Waals surface area contributed by atoms with Crippen LogP contribution in [0.4, 0.5) is 0 Å². The molecule has 2 N–H and O–H groups in total. The van der Waals surface area contributed by atoms with Gasteiger partial charge in [0.25, 0.3) is 0 Å². The van der Waals surface area contributed by atoms with Crippen LogP contribution in [-0.4, -0.2) is 18.2 Å². The molecule has 0 radical (unpaired) electrons. The summed E-state index contributed by atoms with van der Waals surface area (Å²) in [7, 11) is 0. The van der Waals surface area contributed by atoms with Crippen molar-refractivity contribution in [3.8, 4) is 0 Å². The fraction of sp³-hybridized carbons (Fsp3) is 0.556. The molecular formula is C9H13NO2. The van der Waals surface area contributed by atoms with Crippen molar-refractivity contribution < 1.29 is 9.52 Å². The Kier molecular flexibility index (Phi) is 1.90. The molecule has 0 aromatic carbocycles. The third-order valence-electron chi connectivity index (χ3n) is 2.34. The van der Waals surface area contributed by atoms with E-state index in [1.165, 1.54) is 0 Å². The molecule has 1 aromatic rings. The van der Waals surface area contributed by atoms with E-state index >= 15 is 0 Å². The summed E-state index contributed by atoms with van der Waals surface area (Å²) in [5, 5.41) is 13.2. The van der Waals surface area contributed by atoms with E-state index in [2.05, 4.69) is 5.32 Å². The fourth-order valence-corrected chi connectivity index (χ4v) is 1.64. The van der Waals surface area contributed by atoms with Crippen molar-refractivity contribution in [2.45, 2.75) is 18.4 Å².